The zero-order valence-corrected chi connectivity index (χ0v) is 26.0. The maximum absolute atomic E-state index is 12.8. The number of unbranched alkanes of at least 4 members (excludes halogenated alkanes) is 20. The van der Waals surface area contributed by atoms with Gasteiger partial charge in [0.25, 0.3) is 5.34 Å². The van der Waals surface area contributed by atoms with E-state index in [4.69, 9.17) is 0 Å². The number of carbonyl (C=O) groups excluding carboxylic acids is 2. The zero-order chi connectivity index (χ0) is 29.4. The molecule has 0 aliphatic rings. The van der Waals surface area contributed by atoms with E-state index in [1.807, 2.05) is 0 Å². The van der Waals surface area contributed by atoms with Crippen molar-refractivity contribution in [3.05, 3.63) is 0 Å². The van der Waals surface area contributed by atoms with E-state index in [9.17, 15) is 34.0 Å². The maximum Gasteiger partial charge on any atom is 0.359 e. The Morgan fingerprint density at radius 2 is 0.795 bits per heavy atom. The van der Waals surface area contributed by atoms with E-state index in [2.05, 4.69) is 13.8 Å². The predicted molar refractivity (Wildman–Crippen MR) is 157 cm³/mol. The lowest BCUT2D eigenvalue weighted by Gasteiger charge is -2.34. The normalized spacial score (nSPS) is 14.6. The third-order valence-electron chi connectivity index (χ3n) is 7.93. The topological polar surface area (TPSA) is 129 Å². The van der Waals surface area contributed by atoms with Crippen LogP contribution in [0.1, 0.15) is 168 Å². The molecule has 0 aliphatic heterocycles. The van der Waals surface area contributed by atoms with Gasteiger partial charge in [0.05, 0.1) is 6.61 Å². The average molecular weight is 575 g/mol. The van der Waals surface area contributed by atoms with E-state index >= 15 is 0 Å². The summed E-state index contributed by atoms with van der Waals surface area (Å²) in [7, 11) is -3.91. The Morgan fingerprint density at radius 1 is 0.513 bits per heavy atom. The van der Waals surface area contributed by atoms with Gasteiger partial charge in [-0.05, 0) is 12.8 Å². The van der Waals surface area contributed by atoms with Gasteiger partial charge in [0, 0.05) is 12.8 Å². The molecule has 0 aromatic heterocycles. The molecule has 0 radical (unpaired) electrons. The molecule has 2 atom stereocenters. The first-order chi connectivity index (χ1) is 18.7. The van der Waals surface area contributed by atoms with E-state index in [0.717, 1.165) is 44.9 Å². The Morgan fingerprint density at radius 3 is 1.08 bits per heavy atom. The smallest absolute Gasteiger partial charge is 0.359 e. The first kappa shape index (κ1) is 38.1. The van der Waals surface area contributed by atoms with Crippen LogP contribution in [-0.4, -0.2) is 44.4 Å². The molecule has 3 N–H and O–H groups in total. The molecule has 39 heavy (non-hydrogen) atoms. The molecular weight excluding hydrogens is 515 g/mol. The van der Waals surface area contributed by atoms with Gasteiger partial charge in [0.15, 0.2) is 17.2 Å². The number of hydrogen-bond acceptors (Lipinski definition) is 7. The van der Waals surface area contributed by atoms with Gasteiger partial charge in [-0.25, -0.2) is 9.13 Å². The first-order valence-electron chi connectivity index (χ1n) is 16.0. The van der Waals surface area contributed by atoms with Gasteiger partial charge < -0.3 is 15.3 Å². The van der Waals surface area contributed by atoms with Crippen molar-refractivity contribution in [1.82, 2.24) is 0 Å². The summed E-state index contributed by atoms with van der Waals surface area (Å²) in [5.74, 6) is -2.13. The van der Waals surface area contributed by atoms with E-state index in [1.165, 1.54) is 77.0 Å². The van der Waals surface area contributed by atoms with Crippen molar-refractivity contribution in [2.45, 2.75) is 179 Å². The van der Waals surface area contributed by atoms with Gasteiger partial charge in [-0.3, -0.25) is 9.59 Å². The Hall–Kier alpha value is -0.880. The number of aliphatic hydroxyl groups is 3. The molecule has 0 bridgehead atoms. The second-order valence-electron chi connectivity index (χ2n) is 11.4. The van der Waals surface area contributed by atoms with Crippen LogP contribution in [0.25, 0.3) is 0 Å². The van der Waals surface area contributed by atoms with Crippen LogP contribution >= 0.6 is 7.68 Å². The number of Topliss-reactive ketones (excluding diaryl/α,β-unsaturated/α-hetero) is 2. The predicted octanol–water partition coefficient (Wildman–Crippen LogP) is 8.11. The second kappa shape index (κ2) is 23.8. The molecule has 0 spiro atoms. The molecule has 8 heteroatoms. The monoisotopic (exact) mass is 574 g/mol. The van der Waals surface area contributed by atoms with Crippen LogP contribution in [0.2, 0.25) is 0 Å². The quantitative estimate of drug-likeness (QED) is 0.0608. The summed E-state index contributed by atoms with van der Waals surface area (Å²) in [6, 6.07) is 0. The van der Waals surface area contributed by atoms with Gasteiger partial charge in [-0.1, -0.05) is 142 Å². The largest absolute Gasteiger partial charge is 0.393 e. The zero-order valence-electron chi connectivity index (χ0n) is 25.1. The average Bonchev–Trinajstić information content (AvgIpc) is 2.93. The summed E-state index contributed by atoms with van der Waals surface area (Å²) < 4.78 is 24.0. The molecule has 2 unspecified atom stereocenters. The molecule has 7 nitrogen and oxygen atoms in total. The molecule has 230 valence electrons. The van der Waals surface area contributed by atoms with E-state index < -0.39 is 36.8 Å². The fraction of sp³-hybridized carbons (Fsp3) is 0.935. The van der Waals surface area contributed by atoms with Gasteiger partial charge in [0.2, 0.25) is 0 Å². The van der Waals surface area contributed by atoms with Gasteiger partial charge in [0.1, 0.15) is 0 Å². The number of hydrogen-bond donors (Lipinski definition) is 3. The Bertz CT molecular complexity index is 701. The van der Waals surface area contributed by atoms with Crippen molar-refractivity contribution in [2.24, 2.45) is 0 Å². The molecule has 0 heterocycles. The lowest BCUT2D eigenvalue weighted by molar-refractivity contribution is -0.173. The minimum atomic E-state index is -3.91. The van der Waals surface area contributed by atoms with E-state index in [-0.39, 0.29) is 12.8 Å². The number of aliphatic hydroxyl groups excluding tert-OH is 1. The van der Waals surface area contributed by atoms with Crippen molar-refractivity contribution in [2.75, 3.05) is 6.61 Å². The highest BCUT2D eigenvalue weighted by Crippen LogP contribution is 2.40. The second-order valence-corrected chi connectivity index (χ2v) is 12.5. The van der Waals surface area contributed by atoms with Crippen molar-refractivity contribution in [1.29, 1.82) is 0 Å². The highest BCUT2D eigenvalue weighted by molar-refractivity contribution is 7.34. The highest BCUT2D eigenvalue weighted by Gasteiger charge is 2.62. The molecule has 0 fully saturated rings. The molecule has 0 rings (SSSR count). The van der Waals surface area contributed by atoms with Crippen LogP contribution in [0, 0.1) is 0 Å². The van der Waals surface area contributed by atoms with E-state index in [1.54, 1.807) is 0 Å². The standard InChI is InChI=1S/C31H59O7P/c1-3-5-7-9-11-13-15-17-19-21-23-25-28(33)30(35,27-32)31(36,39(37)38)29(34)26-24-22-20-18-16-14-12-10-8-6-4-2/h32,35-36H,3-27H2,1-2H3. The lowest BCUT2D eigenvalue weighted by Crippen LogP contribution is -2.63. The maximum atomic E-state index is 12.8. The van der Waals surface area contributed by atoms with Crippen LogP contribution in [0.3, 0.4) is 0 Å². The van der Waals surface area contributed by atoms with Crippen LogP contribution in [0.4, 0.5) is 0 Å². The summed E-state index contributed by atoms with van der Waals surface area (Å²) in [5.41, 5.74) is -3.05. The third-order valence-corrected chi connectivity index (χ3v) is 9.08. The van der Waals surface area contributed by atoms with Gasteiger partial charge in [-0.2, -0.15) is 0 Å². The number of ketones is 2. The minimum Gasteiger partial charge on any atom is -0.393 e. The Labute approximate surface area is 238 Å². The molecule has 0 aromatic rings. The molecule has 0 aliphatic carbocycles. The minimum absolute atomic E-state index is 0.203. The summed E-state index contributed by atoms with van der Waals surface area (Å²) >= 11 is 0. The molecule has 0 amide bonds. The lowest BCUT2D eigenvalue weighted by atomic mass is 9.85. The van der Waals surface area contributed by atoms with Crippen LogP contribution < -0.4 is 0 Å². The van der Waals surface area contributed by atoms with Gasteiger partial charge >= 0.3 is 7.68 Å². The first-order valence-corrected chi connectivity index (χ1v) is 17.2. The highest BCUT2D eigenvalue weighted by atomic mass is 31.1. The van der Waals surface area contributed by atoms with Crippen molar-refractivity contribution in [3.8, 4) is 0 Å². The molecule has 0 saturated heterocycles. The van der Waals surface area contributed by atoms with Crippen LogP contribution in [0.15, 0.2) is 0 Å². The number of rotatable bonds is 29. The van der Waals surface area contributed by atoms with Crippen LogP contribution in [-0.2, 0) is 18.7 Å². The van der Waals surface area contributed by atoms with E-state index in [0.29, 0.717) is 19.3 Å². The van der Waals surface area contributed by atoms with Crippen molar-refractivity contribution >= 4 is 19.2 Å². The number of carbonyl (C=O) groups is 2. The fourth-order valence-electron chi connectivity index (χ4n) is 5.16. The summed E-state index contributed by atoms with van der Waals surface area (Å²) in [6.45, 7) is 3.07. The summed E-state index contributed by atoms with van der Waals surface area (Å²) in [6.07, 6.45) is 22.8. The summed E-state index contributed by atoms with van der Waals surface area (Å²) in [4.78, 5) is 25.6. The third kappa shape index (κ3) is 15.1. The van der Waals surface area contributed by atoms with Crippen LogP contribution in [0.5, 0.6) is 0 Å². The van der Waals surface area contributed by atoms with Crippen molar-refractivity contribution < 1.29 is 34.0 Å². The summed E-state index contributed by atoms with van der Waals surface area (Å²) in [5, 5.41) is 28.1. The molecule has 0 aromatic carbocycles. The van der Waals surface area contributed by atoms with Crippen molar-refractivity contribution in [3.63, 3.8) is 0 Å². The van der Waals surface area contributed by atoms with Gasteiger partial charge in [-0.15, -0.1) is 0 Å². The Kier molecular flexibility index (Phi) is 23.3. The molecular formula is C31H59O7P. The Balaban J connectivity index is 4.47. The fourth-order valence-corrected chi connectivity index (χ4v) is 5.97. The molecule has 0 saturated carbocycles. The SMILES string of the molecule is CCCCCCCCCCCCCC(=O)C(O)(CO)C(O)(C(=O)CCCCCCCCCCCCC)P(=O)=O.